The number of hydrogen-bond acceptors (Lipinski definition) is 4. The second-order valence-corrected chi connectivity index (χ2v) is 12.6. The fourth-order valence-electron chi connectivity index (χ4n) is 5.02. The Balaban J connectivity index is 1.30. The van der Waals surface area contributed by atoms with E-state index in [-0.39, 0.29) is 23.3 Å². The molecule has 7 nitrogen and oxygen atoms in total. The molecule has 1 fully saturated rings. The molecule has 0 aromatic heterocycles. The van der Waals surface area contributed by atoms with Crippen LogP contribution >= 0.6 is 11.6 Å². The van der Waals surface area contributed by atoms with Crippen LogP contribution in [-0.4, -0.2) is 37.1 Å². The van der Waals surface area contributed by atoms with Gasteiger partial charge in [0.15, 0.2) is 0 Å². The lowest BCUT2D eigenvalue weighted by Crippen LogP contribution is -2.48. The molecule has 0 spiro atoms. The Kier molecular flexibility index (Phi) is 9.37. The van der Waals surface area contributed by atoms with Gasteiger partial charge in [0.25, 0.3) is 5.91 Å². The quantitative estimate of drug-likeness (QED) is 0.254. The van der Waals surface area contributed by atoms with Gasteiger partial charge in [-0.2, -0.15) is 4.31 Å². The van der Waals surface area contributed by atoms with E-state index in [9.17, 15) is 18.0 Å². The van der Waals surface area contributed by atoms with E-state index in [1.165, 1.54) is 28.6 Å². The van der Waals surface area contributed by atoms with Crippen molar-refractivity contribution >= 4 is 33.4 Å². The van der Waals surface area contributed by atoms with Crippen molar-refractivity contribution in [2.75, 3.05) is 6.54 Å². The molecular weight excluding hydrogens is 570 g/mol. The third kappa shape index (κ3) is 7.07. The van der Waals surface area contributed by atoms with E-state index < -0.39 is 16.1 Å². The zero-order chi connectivity index (χ0) is 29.5. The summed E-state index contributed by atoms with van der Waals surface area (Å²) in [6.07, 6.45) is 1.94. The van der Waals surface area contributed by atoms with Crippen molar-refractivity contribution in [1.82, 2.24) is 14.9 Å². The van der Waals surface area contributed by atoms with Crippen molar-refractivity contribution in [2.45, 2.75) is 43.3 Å². The molecule has 2 N–H and O–H groups in total. The zero-order valence-corrected chi connectivity index (χ0v) is 24.6. The van der Waals surface area contributed by atoms with E-state index in [0.717, 1.165) is 29.5 Å². The number of benzene rings is 4. The molecule has 1 aliphatic heterocycles. The first-order chi connectivity index (χ1) is 20.3. The summed E-state index contributed by atoms with van der Waals surface area (Å²) in [5, 5.41) is 6.22. The molecule has 1 heterocycles. The normalized spacial score (nSPS) is 15.6. The van der Waals surface area contributed by atoms with Crippen LogP contribution in [0.1, 0.15) is 40.7 Å². The van der Waals surface area contributed by atoms with Crippen LogP contribution in [0.3, 0.4) is 0 Å². The number of carbonyl (C=O) groups is 2. The Labute approximate surface area is 251 Å². The van der Waals surface area contributed by atoms with Crippen LogP contribution in [0.4, 0.5) is 0 Å². The number of sulfonamides is 1. The molecule has 4 aromatic carbocycles. The standard InChI is InChI=1S/C33H32ClN3O4S/c34-29-16-18-30(19-17-29)42(40,41)37(31-11-4-5-20-35-33(31)39)23-24-12-14-27(15-13-24)32(38)36-22-25-7-6-10-28(21-25)26-8-2-1-3-9-26/h1-3,6-10,12-19,21,31H,4-5,11,20,22-23H2,(H,35,39)(H,36,38)/t31-/m1/s1. The zero-order valence-electron chi connectivity index (χ0n) is 23.0. The lowest BCUT2D eigenvalue weighted by atomic mass is 10.0. The van der Waals surface area contributed by atoms with Gasteiger partial charge in [-0.15, -0.1) is 0 Å². The lowest BCUT2D eigenvalue weighted by Gasteiger charge is -2.29. The minimum Gasteiger partial charge on any atom is -0.355 e. The minimum absolute atomic E-state index is 0.0166. The molecule has 5 rings (SSSR count). The molecule has 9 heteroatoms. The minimum atomic E-state index is -4.02. The second-order valence-electron chi connectivity index (χ2n) is 10.3. The van der Waals surface area contributed by atoms with Crippen LogP contribution in [0.25, 0.3) is 11.1 Å². The summed E-state index contributed by atoms with van der Waals surface area (Å²) >= 11 is 5.99. The summed E-state index contributed by atoms with van der Waals surface area (Å²) in [4.78, 5) is 25.9. The second kappa shape index (κ2) is 13.3. The monoisotopic (exact) mass is 601 g/mol. The average Bonchev–Trinajstić information content (AvgIpc) is 3.23. The van der Waals surface area contributed by atoms with Crippen molar-refractivity contribution in [3.05, 3.63) is 125 Å². The highest BCUT2D eigenvalue weighted by Crippen LogP contribution is 2.26. The van der Waals surface area contributed by atoms with E-state index in [1.807, 2.05) is 48.5 Å². The van der Waals surface area contributed by atoms with E-state index in [4.69, 9.17) is 11.6 Å². The van der Waals surface area contributed by atoms with Crippen LogP contribution in [0, 0.1) is 0 Å². The van der Waals surface area contributed by atoms with Gasteiger partial charge < -0.3 is 10.6 Å². The summed E-state index contributed by atoms with van der Waals surface area (Å²) in [5.74, 6) is -0.544. The van der Waals surface area contributed by atoms with Crippen molar-refractivity contribution in [3.63, 3.8) is 0 Å². The van der Waals surface area contributed by atoms with Crippen molar-refractivity contribution in [3.8, 4) is 11.1 Å². The summed E-state index contributed by atoms with van der Waals surface area (Å²) in [5.41, 5.74) is 4.28. The molecule has 4 aromatic rings. The SMILES string of the molecule is O=C(NCc1cccc(-c2ccccc2)c1)c1ccc(CN([C@@H]2CCCCNC2=O)S(=O)(=O)c2ccc(Cl)cc2)cc1. The molecule has 216 valence electrons. The van der Waals surface area contributed by atoms with Crippen molar-refractivity contribution in [2.24, 2.45) is 0 Å². The fourth-order valence-corrected chi connectivity index (χ4v) is 6.75. The maximum atomic E-state index is 13.8. The summed E-state index contributed by atoms with van der Waals surface area (Å²) in [7, 11) is -4.02. The van der Waals surface area contributed by atoms with Gasteiger partial charge in [0, 0.05) is 30.2 Å². The summed E-state index contributed by atoms with van der Waals surface area (Å²) < 4.78 is 28.8. The van der Waals surface area contributed by atoms with Gasteiger partial charge in [-0.3, -0.25) is 9.59 Å². The molecule has 0 bridgehead atoms. The molecule has 1 aliphatic rings. The maximum Gasteiger partial charge on any atom is 0.251 e. The lowest BCUT2D eigenvalue weighted by molar-refractivity contribution is -0.124. The van der Waals surface area contributed by atoms with Gasteiger partial charge >= 0.3 is 0 Å². The van der Waals surface area contributed by atoms with Crippen LogP contribution in [0.5, 0.6) is 0 Å². The highest BCUT2D eigenvalue weighted by molar-refractivity contribution is 7.89. The summed E-state index contributed by atoms with van der Waals surface area (Å²) in [6.45, 7) is 0.868. The van der Waals surface area contributed by atoms with Crippen molar-refractivity contribution in [1.29, 1.82) is 0 Å². The van der Waals surface area contributed by atoms with E-state index in [0.29, 0.717) is 35.7 Å². The van der Waals surface area contributed by atoms with E-state index >= 15 is 0 Å². The van der Waals surface area contributed by atoms with Gasteiger partial charge in [-0.05, 0) is 84.0 Å². The number of amides is 2. The molecule has 1 atom stereocenters. The molecular formula is C33H32ClN3O4S. The van der Waals surface area contributed by atoms with Crippen LogP contribution in [0.15, 0.2) is 108 Å². The number of hydrogen-bond donors (Lipinski definition) is 2. The fraction of sp³-hybridized carbons (Fsp3) is 0.212. The predicted octanol–water partition coefficient (Wildman–Crippen LogP) is 5.80. The highest BCUT2D eigenvalue weighted by atomic mass is 35.5. The van der Waals surface area contributed by atoms with E-state index in [2.05, 4.69) is 16.7 Å². The third-order valence-corrected chi connectivity index (χ3v) is 9.44. The molecule has 0 unspecified atom stereocenters. The average molecular weight is 602 g/mol. The Hall–Kier alpha value is -3.98. The molecule has 42 heavy (non-hydrogen) atoms. The van der Waals surface area contributed by atoms with Gasteiger partial charge in [0.05, 0.1) is 4.90 Å². The van der Waals surface area contributed by atoms with Gasteiger partial charge in [0.2, 0.25) is 15.9 Å². The number of halogens is 1. The number of rotatable bonds is 9. The topological polar surface area (TPSA) is 95.6 Å². The smallest absolute Gasteiger partial charge is 0.251 e. The molecule has 0 aliphatic carbocycles. The van der Waals surface area contributed by atoms with Gasteiger partial charge in [-0.25, -0.2) is 8.42 Å². The Morgan fingerprint density at radius 1 is 0.857 bits per heavy atom. The van der Waals surface area contributed by atoms with Crippen molar-refractivity contribution < 1.29 is 18.0 Å². The Bertz CT molecular complexity index is 1640. The Morgan fingerprint density at radius 3 is 2.31 bits per heavy atom. The predicted molar refractivity (Wildman–Crippen MR) is 164 cm³/mol. The van der Waals surface area contributed by atoms with Crippen LogP contribution in [-0.2, 0) is 27.9 Å². The number of nitrogens with one attached hydrogen (secondary N) is 2. The molecule has 0 radical (unpaired) electrons. The molecule has 2 amide bonds. The number of nitrogens with zero attached hydrogens (tertiary/aromatic N) is 1. The molecule has 1 saturated heterocycles. The summed E-state index contributed by atoms with van der Waals surface area (Å²) in [6, 6.07) is 30.0. The van der Waals surface area contributed by atoms with E-state index in [1.54, 1.807) is 24.3 Å². The molecule has 0 saturated carbocycles. The first-order valence-electron chi connectivity index (χ1n) is 13.9. The first-order valence-corrected chi connectivity index (χ1v) is 15.7. The van der Waals surface area contributed by atoms with Crippen LogP contribution in [0.2, 0.25) is 5.02 Å². The first kappa shape index (κ1) is 29.5. The Morgan fingerprint density at radius 2 is 1.57 bits per heavy atom. The third-order valence-electron chi connectivity index (χ3n) is 7.32. The van der Waals surface area contributed by atoms with Gasteiger partial charge in [-0.1, -0.05) is 72.3 Å². The number of carbonyl (C=O) groups excluding carboxylic acids is 2. The maximum absolute atomic E-state index is 13.8. The highest BCUT2D eigenvalue weighted by Gasteiger charge is 2.36. The largest absolute Gasteiger partial charge is 0.355 e. The van der Waals surface area contributed by atoms with Crippen LogP contribution < -0.4 is 10.6 Å². The van der Waals surface area contributed by atoms with Gasteiger partial charge in [0.1, 0.15) is 6.04 Å².